The van der Waals surface area contributed by atoms with E-state index in [0.717, 1.165) is 6.42 Å². The molecule has 0 aliphatic rings. The number of guanidine groups is 1. The monoisotopic (exact) mass is 481 g/mol. The average Bonchev–Trinajstić information content (AvgIpc) is 2.58. The second-order valence-corrected chi connectivity index (χ2v) is 6.21. The highest BCUT2D eigenvalue weighted by Gasteiger charge is 2.14. The molecular formula is C19H33FIN3O2. The van der Waals surface area contributed by atoms with Crippen molar-refractivity contribution in [3.05, 3.63) is 35.6 Å². The third-order valence-corrected chi connectivity index (χ3v) is 3.88. The second-order valence-electron chi connectivity index (χ2n) is 6.21. The van der Waals surface area contributed by atoms with Crippen molar-refractivity contribution >= 4 is 29.9 Å². The summed E-state index contributed by atoms with van der Waals surface area (Å²) in [6, 6.07) is 6.22. The molecule has 1 aromatic carbocycles. The van der Waals surface area contributed by atoms with Gasteiger partial charge in [0.2, 0.25) is 0 Å². The molecule has 0 saturated carbocycles. The standard InChI is InChI=1S/C19H32FN3O2.HI/c1-5-21-19(22-12-11-18(14(3)4)25-6-2)23-13-17(24)15-9-7-8-10-16(15)20;/h7-10,14,17-18,24H,5-6,11-13H2,1-4H3,(H2,21,22,23);1H. The highest BCUT2D eigenvalue weighted by atomic mass is 127. The van der Waals surface area contributed by atoms with Gasteiger partial charge in [-0.3, -0.25) is 4.99 Å². The van der Waals surface area contributed by atoms with Crippen LogP contribution in [-0.4, -0.2) is 43.4 Å². The maximum absolute atomic E-state index is 13.7. The topological polar surface area (TPSA) is 65.9 Å². The lowest BCUT2D eigenvalue weighted by Gasteiger charge is -2.21. The van der Waals surface area contributed by atoms with Crippen LogP contribution < -0.4 is 10.6 Å². The van der Waals surface area contributed by atoms with Crippen LogP contribution in [0.5, 0.6) is 0 Å². The van der Waals surface area contributed by atoms with Crippen LogP contribution >= 0.6 is 24.0 Å². The fraction of sp³-hybridized carbons (Fsp3) is 0.632. The minimum Gasteiger partial charge on any atom is -0.386 e. The predicted octanol–water partition coefficient (Wildman–Crippen LogP) is 3.48. The van der Waals surface area contributed by atoms with Crippen molar-refractivity contribution < 1.29 is 14.2 Å². The Bertz CT molecular complexity index is 529. The van der Waals surface area contributed by atoms with E-state index in [0.29, 0.717) is 31.6 Å². The quantitative estimate of drug-likeness (QED) is 0.272. The molecule has 5 nitrogen and oxygen atoms in total. The number of rotatable bonds is 10. The van der Waals surface area contributed by atoms with Gasteiger partial charge in [-0.2, -0.15) is 0 Å². The SMILES string of the molecule is CCNC(=NCC(O)c1ccccc1F)NCCC(OCC)C(C)C.I. The number of nitrogens with one attached hydrogen (secondary N) is 2. The Morgan fingerprint density at radius 3 is 2.50 bits per heavy atom. The number of benzene rings is 1. The Hall–Kier alpha value is -0.930. The molecule has 0 spiro atoms. The van der Waals surface area contributed by atoms with Gasteiger partial charge in [0.25, 0.3) is 0 Å². The first-order chi connectivity index (χ1) is 12.0. The second kappa shape index (κ2) is 14.2. The number of hydrogen-bond acceptors (Lipinski definition) is 3. The molecule has 0 fully saturated rings. The lowest BCUT2D eigenvalue weighted by Crippen LogP contribution is -2.39. The summed E-state index contributed by atoms with van der Waals surface area (Å²) < 4.78 is 19.4. The van der Waals surface area contributed by atoms with Gasteiger partial charge >= 0.3 is 0 Å². The molecule has 3 N–H and O–H groups in total. The number of halogens is 2. The van der Waals surface area contributed by atoms with Crippen LogP contribution in [0.2, 0.25) is 0 Å². The van der Waals surface area contributed by atoms with Crippen LogP contribution in [0.25, 0.3) is 0 Å². The van der Waals surface area contributed by atoms with Gasteiger partial charge in [0.1, 0.15) is 11.9 Å². The summed E-state index contributed by atoms with van der Waals surface area (Å²) in [6.45, 7) is 10.5. The smallest absolute Gasteiger partial charge is 0.191 e. The molecule has 0 aliphatic carbocycles. The fourth-order valence-corrected chi connectivity index (χ4v) is 2.52. The first-order valence-corrected chi connectivity index (χ1v) is 9.05. The van der Waals surface area contributed by atoms with E-state index in [-0.39, 0.29) is 42.2 Å². The van der Waals surface area contributed by atoms with Crippen LogP contribution in [-0.2, 0) is 4.74 Å². The first-order valence-electron chi connectivity index (χ1n) is 9.05. The number of ether oxygens (including phenoxy) is 1. The molecule has 0 amide bonds. The third kappa shape index (κ3) is 9.14. The molecule has 26 heavy (non-hydrogen) atoms. The summed E-state index contributed by atoms with van der Waals surface area (Å²) >= 11 is 0. The maximum Gasteiger partial charge on any atom is 0.191 e. The number of aliphatic imine (C=N–C) groups is 1. The molecule has 2 atom stereocenters. The Kier molecular flexibility index (Phi) is 13.7. The lowest BCUT2D eigenvalue weighted by molar-refractivity contribution is 0.0258. The summed E-state index contributed by atoms with van der Waals surface area (Å²) in [5.41, 5.74) is 0.262. The number of aliphatic hydroxyl groups is 1. The number of hydrogen-bond donors (Lipinski definition) is 3. The van der Waals surface area contributed by atoms with E-state index >= 15 is 0 Å². The molecular weight excluding hydrogens is 448 g/mol. The van der Waals surface area contributed by atoms with E-state index in [9.17, 15) is 9.50 Å². The van der Waals surface area contributed by atoms with Gasteiger partial charge in [0.15, 0.2) is 5.96 Å². The van der Waals surface area contributed by atoms with E-state index in [4.69, 9.17) is 4.74 Å². The van der Waals surface area contributed by atoms with E-state index < -0.39 is 11.9 Å². The van der Waals surface area contributed by atoms with Crippen molar-refractivity contribution in [3.63, 3.8) is 0 Å². The van der Waals surface area contributed by atoms with Gasteiger partial charge in [-0.25, -0.2) is 4.39 Å². The van der Waals surface area contributed by atoms with Crippen molar-refractivity contribution in [1.82, 2.24) is 10.6 Å². The van der Waals surface area contributed by atoms with Crippen LogP contribution in [0.3, 0.4) is 0 Å². The van der Waals surface area contributed by atoms with Crippen LogP contribution in [0, 0.1) is 11.7 Å². The molecule has 0 aromatic heterocycles. The summed E-state index contributed by atoms with van der Waals surface area (Å²) in [4.78, 5) is 4.36. The molecule has 0 radical (unpaired) electrons. The molecule has 2 unspecified atom stereocenters. The number of nitrogens with zero attached hydrogens (tertiary/aromatic N) is 1. The zero-order valence-electron chi connectivity index (χ0n) is 16.2. The largest absolute Gasteiger partial charge is 0.386 e. The van der Waals surface area contributed by atoms with Gasteiger partial charge < -0.3 is 20.5 Å². The Morgan fingerprint density at radius 1 is 1.23 bits per heavy atom. The molecule has 1 rings (SSSR count). The van der Waals surface area contributed by atoms with E-state index in [1.165, 1.54) is 6.07 Å². The summed E-state index contributed by atoms with van der Waals surface area (Å²) in [7, 11) is 0. The molecule has 0 heterocycles. The fourth-order valence-electron chi connectivity index (χ4n) is 2.52. The van der Waals surface area contributed by atoms with Crippen LogP contribution in [0.15, 0.2) is 29.3 Å². The highest BCUT2D eigenvalue weighted by molar-refractivity contribution is 14.0. The molecule has 7 heteroatoms. The molecule has 0 saturated heterocycles. The summed E-state index contributed by atoms with van der Waals surface area (Å²) in [6.07, 6.45) is 0.0964. The van der Waals surface area contributed by atoms with Crippen LogP contribution in [0.1, 0.15) is 45.8 Å². The third-order valence-electron chi connectivity index (χ3n) is 3.88. The van der Waals surface area contributed by atoms with Gasteiger partial charge in [-0.1, -0.05) is 32.0 Å². The Morgan fingerprint density at radius 2 is 1.92 bits per heavy atom. The van der Waals surface area contributed by atoms with Crippen LogP contribution in [0.4, 0.5) is 4.39 Å². The Labute approximate surface area is 173 Å². The van der Waals surface area contributed by atoms with E-state index in [2.05, 4.69) is 29.5 Å². The van der Waals surface area contributed by atoms with Crippen molar-refractivity contribution in [2.75, 3.05) is 26.2 Å². The van der Waals surface area contributed by atoms with Gasteiger partial charge in [-0.05, 0) is 32.3 Å². The number of aliphatic hydroxyl groups excluding tert-OH is 1. The minimum atomic E-state index is -0.969. The predicted molar refractivity (Wildman–Crippen MR) is 116 cm³/mol. The lowest BCUT2D eigenvalue weighted by atomic mass is 10.0. The van der Waals surface area contributed by atoms with Gasteiger partial charge in [-0.15, -0.1) is 24.0 Å². The maximum atomic E-state index is 13.7. The van der Waals surface area contributed by atoms with E-state index in [1.54, 1.807) is 18.2 Å². The van der Waals surface area contributed by atoms with Gasteiger partial charge in [0.05, 0.1) is 12.6 Å². The molecule has 0 bridgehead atoms. The van der Waals surface area contributed by atoms with Crippen molar-refractivity contribution in [3.8, 4) is 0 Å². The molecule has 1 aromatic rings. The van der Waals surface area contributed by atoms with Crippen molar-refractivity contribution in [1.29, 1.82) is 0 Å². The first kappa shape index (κ1) is 25.1. The molecule has 150 valence electrons. The summed E-state index contributed by atoms with van der Waals surface area (Å²) in [5.74, 6) is 0.640. The normalized spacial score (nSPS) is 13.9. The highest BCUT2D eigenvalue weighted by Crippen LogP contribution is 2.16. The molecule has 0 aliphatic heterocycles. The van der Waals surface area contributed by atoms with Crippen molar-refractivity contribution in [2.45, 2.75) is 46.3 Å². The zero-order chi connectivity index (χ0) is 18.7. The zero-order valence-corrected chi connectivity index (χ0v) is 18.5. The van der Waals surface area contributed by atoms with E-state index in [1.807, 2.05) is 13.8 Å². The Balaban J connectivity index is 0.00000625. The average molecular weight is 481 g/mol. The summed E-state index contributed by atoms with van der Waals surface area (Å²) in [5, 5.41) is 16.5. The minimum absolute atomic E-state index is 0. The van der Waals surface area contributed by atoms with Crippen molar-refractivity contribution in [2.24, 2.45) is 10.9 Å². The van der Waals surface area contributed by atoms with Gasteiger partial charge in [0, 0.05) is 25.3 Å².